The van der Waals surface area contributed by atoms with Crippen LogP contribution in [0, 0.1) is 23.2 Å². The quantitative estimate of drug-likeness (QED) is 0.393. The zero-order valence-electron chi connectivity index (χ0n) is 21.7. The van der Waals surface area contributed by atoms with Gasteiger partial charge in [0.1, 0.15) is 0 Å². The third-order valence-corrected chi connectivity index (χ3v) is 9.61. The molecule has 3 amide bonds. The molecule has 5 nitrogen and oxygen atoms in total. The maximum atomic E-state index is 13.5. The Morgan fingerprint density at radius 1 is 0.816 bits per heavy atom. The molecule has 8 rings (SSSR count). The first-order chi connectivity index (χ1) is 18.6. The fraction of sp³-hybridized carbons (Fsp3) is 0.394. The van der Waals surface area contributed by atoms with Gasteiger partial charge in [0.15, 0.2) is 0 Å². The number of anilines is 2. The van der Waals surface area contributed by atoms with E-state index < -0.39 is 0 Å². The highest BCUT2D eigenvalue weighted by atomic mass is 16.2. The molecule has 5 heteroatoms. The average Bonchev–Trinajstić information content (AvgIpc) is 3.35. The molecular weight excluding hydrogens is 470 g/mol. The van der Waals surface area contributed by atoms with Gasteiger partial charge in [-0.15, -0.1) is 0 Å². The number of nitrogens with one attached hydrogen (secondary N) is 2. The number of hydrogen-bond acceptors (Lipinski definition) is 2. The van der Waals surface area contributed by atoms with Gasteiger partial charge in [0.25, 0.3) is 5.91 Å². The SMILES string of the molecule is O=C(Nc1cccc(C(=O)N2CCc3ccccc32)c1)NC(c1ccccc1)C12CC3CC(CC(C3)C1)C2. The predicted octanol–water partition coefficient (Wildman–Crippen LogP) is 6.97. The molecule has 0 spiro atoms. The predicted molar refractivity (Wildman–Crippen MR) is 150 cm³/mol. The van der Waals surface area contributed by atoms with E-state index >= 15 is 0 Å². The van der Waals surface area contributed by atoms with Gasteiger partial charge < -0.3 is 15.5 Å². The number of carbonyl (C=O) groups is 2. The van der Waals surface area contributed by atoms with Gasteiger partial charge >= 0.3 is 6.03 Å². The Morgan fingerprint density at radius 3 is 2.24 bits per heavy atom. The monoisotopic (exact) mass is 505 g/mol. The number of rotatable bonds is 5. The van der Waals surface area contributed by atoms with E-state index in [4.69, 9.17) is 0 Å². The summed E-state index contributed by atoms with van der Waals surface area (Å²) in [6.45, 7) is 0.681. The molecule has 4 fully saturated rings. The number of carbonyl (C=O) groups excluding carboxylic acids is 2. The summed E-state index contributed by atoms with van der Waals surface area (Å²) in [6, 6.07) is 25.7. The Labute approximate surface area is 224 Å². The summed E-state index contributed by atoms with van der Waals surface area (Å²) >= 11 is 0. The van der Waals surface area contributed by atoms with Crippen LogP contribution in [-0.4, -0.2) is 18.5 Å². The number of nitrogens with zero attached hydrogens (tertiary/aromatic N) is 1. The van der Waals surface area contributed by atoms with Crippen LogP contribution in [0.3, 0.4) is 0 Å². The van der Waals surface area contributed by atoms with Crippen molar-refractivity contribution in [2.45, 2.75) is 51.0 Å². The number of amides is 3. The van der Waals surface area contributed by atoms with Crippen LogP contribution < -0.4 is 15.5 Å². The Morgan fingerprint density at radius 2 is 1.50 bits per heavy atom. The van der Waals surface area contributed by atoms with Gasteiger partial charge in [0, 0.05) is 23.5 Å². The smallest absolute Gasteiger partial charge is 0.319 e. The maximum absolute atomic E-state index is 13.5. The van der Waals surface area contributed by atoms with Gasteiger partial charge in [-0.25, -0.2) is 4.79 Å². The molecule has 3 aromatic rings. The summed E-state index contributed by atoms with van der Waals surface area (Å²) in [5.74, 6) is 2.37. The van der Waals surface area contributed by atoms with Crippen LogP contribution >= 0.6 is 0 Å². The van der Waals surface area contributed by atoms with E-state index in [1.165, 1.54) is 49.7 Å². The van der Waals surface area contributed by atoms with Crippen LogP contribution in [0.15, 0.2) is 78.9 Å². The minimum atomic E-state index is -0.203. The van der Waals surface area contributed by atoms with Crippen LogP contribution in [0.5, 0.6) is 0 Å². The molecular formula is C33H35N3O2. The Hall–Kier alpha value is -3.60. The first kappa shape index (κ1) is 23.5. The highest BCUT2D eigenvalue weighted by molar-refractivity contribution is 6.08. The van der Waals surface area contributed by atoms with Crippen LogP contribution in [-0.2, 0) is 6.42 Å². The van der Waals surface area contributed by atoms with Gasteiger partial charge in [-0.2, -0.15) is 0 Å². The molecule has 0 saturated heterocycles. The number of hydrogen-bond donors (Lipinski definition) is 2. The van der Waals surface area contributed by atoms with E-state index in [-0.39, 0.29) is 23.4 Å². The second-order valence-electron chi connectivity index (χ2n) is 12.1. The van der Waals surface area contributed by atoms with Crippen molar-refractivity contribution in [3.8, 4) is 0 Å². The molecule has 1 atom stereocenters. The Bertz CT molecular complexity index is 1330. The molecule has 194 valence electrons. The lowest BCUT2D eigenvalue weighted by Crippen LogP contribution is -2.53. The topological polar surface area (TPSA) is 61.4 Å². The fourth-order valence-corrected chi connectivity index (χ4v) is 8.50. The molecule has 1 aliphatic heterocycles. The van der Waals surface area contributed by atoms with Crippen molar-refractivity contribution in [1.29, 1.82) is 0 Å². The van der Waals surface area contributed by atoms with Crippen molar-refractivity contribution in [3.63, 3.8) is 0 Å². The van der Waals surface area contributed by atoms with E-state index in [1.807, 2.05) is 47.4 Å². The van der Waals surface area contributed by atoms with Crippen molar-refractivity contribution in [3.05, 3.63) is 95.6 Å². The van der Waals surface area contributed by atoms with Crippen molar-refractivity contribution >= 4 is 23.3 Å². The van der Waals surface area contributed by atoms with Gasteiger partial charge in [-0.1, -0.05) is 54.6 Å². The van der Waals surface area contributed by atoms with E-state index in [0.29, 0.717) is 17.8 Å². The Balaban J connectivity index is 1.10. The minimum absolute atomic E-state index is 0.0111. The summed E-state index contributed by atoms with van der Waals surface area (Å²) in [5.41, 5.74) is 4.73. The van der Waals surface area contributed by atoms with Gasteiger partial charge in [-0.3, -0.25) is 4.79 Å². The van der Waals surface area contributed by atoms with Crippen molar-refractivity contribution in [2.75, 3.05) is 16.8 Å². The minimum Gasteiger partial charge on any atom is -0.331 e. The molecule has 2 N–H and O–H groups in total. The Kier molecular flexibility index (Phi) is 5.75. The molecule has 4 saturated carbocycles. The first-order valence-corrected chi connectivity index (χ1v) is 14.2. The van der Waals surface area contributed by atoms with Gasteiger partial charge in [0.05, 0.1) is 6.04 Å². The molecule has 0 aromatic heterocycles. The second kappa shape index (κ2) is 9.30. The summed E-state index contributed by atoms with van der Waals surface area (Å²) in [6.07, 6.45) is 8.60. The largest absolute Gasteiger partial charge is 0.331 e. The average molecular weight is 506 g/mol. The molecule has 4 aliphatic carbocycles. The van der Waals surface area contributed by atoms with Crippen LogP contribution in [0.4, 0.5) is 16.2 Å². The summed E-state index contributed by atoms with van der Waals surface area (Å²) in [5, 5.41) is 6.47. The lowest BCUT2D eigenvalue weighted by atomic mass is 9.47. The number of benzene rings is 3. The lowest BCUT2D eigenvalue weighted by molar-refractivity contribution is -0.0723. The lowest BCUT2D eigenvalue weighted by Gasteiger charge is -2.59. The van der Waals surface area contributed by atoms with Crippen LogP contribution in [0.1, 0.15) is 66.1 Å². The van der Waals surface area contributed by atoms with E-state index in [2.05, 4.69) is 41.0 Å². The highest BCUT2D eigenvalue weighted by Gasteiger charge is 2.54. The normalized spacial score (nSPS) is 27.6. The third-order valence-electron chi connectivity index (χ3n) is 9.61. The fourth-order valence-electron chi connectivity index (χ4n) is 8.50. The van der Waals surface area contributed by atoms with Crippen molar-refractivity contribution in [1.82, 2.24) is 5.32 Å². The molecule has 1 heterocycles. The zero-order valence-corrected chi connectivity index (χ0v) is 21.7. The van der Waals surface area contributed by atoms with Gasteiger partial charge in [-0.05, 0) is 104 Å². The van der Waals surface area contributed by atoms with E-state index in [1.54, 1.807) is 6.07 Å². The molecule has 38 heavy (non-hydrogen) atoms. The molecule has 0 radical (unpaired) electrons. The second-order valence-corrected chi connectivity index (χ2v) is 12.1. The first-order valence-electron chi connectivity index (χ1n) is 14.2. The summed E-state index contributed by atoms with van der Waals surface area (Å²) < 4.78 is 0. The molecule has 4 bridgehead atoms. The zero-order chi connectivity index (χ0) is 25.7. The number of para-hydroxylation sites is 1. The third kappa shape index (κ3) is 4.18. The summed E-state index contributed by atoms with van der Waals surface area (Å²) in [7, 11) is 0. The van der Waals surface area contributed by atoms with Gasteiger partial charge in [0.2, 0.25) is 0 Å². The maximum Gasteiger partial charge on any atom is 0.319 e. The summed E-state index contributed by atoms with van der Waals surface area (Å²) in [4.78, 5) is 28.7. The number of urea groups is 1. The highest BCUT2D eigenvalue weighted by Crippen LogP contribution is 2.64. The molecule has 5 aliphatic rings. The van der Waals surface area contributed by atoms with E-state index in [9.17, 15) is 9.59 Å². The number of fused-ring (bicyclic) bond motifs is 1. The van der Waals surface area contributed by atoms with Crippen LogP contribution in [0.2, 0.25) is 0 Å². The van der Waals surface area contributed by atoms with E-state index in [0.717, 1.165) is 29.9 Å². The van der Waals surface area contributed by atoms with Crippen molar-refractivity contribution < 1.29 is 9.59 Å². The molecule has 3 aromatic carbocycles. The standard InChI is InChI=1S/C33H35N3O2/c37-31(36-14-13-25-7-4-5-12-29(25)36)27-10-6-11-28(18-27)34-32(38)35-30(26-8-2-1-3-9-26)33-19-22-15-23(20-33)17-24(16-22)21-33/h1-12,18,22-24,30H,13-17,19-21H2,(H2,34,35,38). The van der Waals surface area contributed by atoms with Crippen molar-refractivity contribution in [2.24, 2.45) is 23.2 Å². The molecule has 1 unspecified atom stereocenters. The van der Waals surface area contributed by atoms with Crippen LogP contribution in [0.25, 0.3) is 0 Å².